The van der Waals surface area contributed by atoms with Crippen LogP contribution in [-0.4, -0.2) is 30.6 Å². The Morgan fingerprint density at radius 1 is 0.971 bits per heavy atom. The fourth-order valence-corrected chi connectivity index (χ4v) is 3.77. The maximum atomic E-state index is 14.8. The van der Waals surface area contributed by atoms with Crippen LogP contribution in [0.15, 0.2) is 46.9 Å². The highest BCUT2D eigenvalue weighted by molar-refractivity contribution is 9.10. The summed E-state index contributed by atoms with van der Waals surface area (Å²) in [5.41, 5.74) is -0.635. The van der Waals surface area contributed by atoms with E-state index in [-0.39, 0.29) is 31.2 Å². The van der Waals surface area contributed by atoms with Crippen molar-refractivity contribution in [2.45, 2.75) is 31.1 Å². The summed E-state index contributed by atoms with van der Waals surface area (Å²) < 4.78 is 91.9. The highest BCUT2D eigenvalue weighted by Crippen LogP contribution is 2.40. The number of alkyl halides is 6. The third-order valence-electron chi connectivity index (χ3n) is 4.58. The van der Waals surface area contributed by atoms with Gasteiger partial charge in [-0.15, -0.1) is 0 Å². The van der Waals surface area contributed by atoms with E-state index in [9.17, 15) is 40.3 Å². The molecule has 0 fully saturated rings. The lowest BCUT2D eigenvalue weighted by atomic mass is 9.96. The summed E-state index contributed by atoms with van der Waals surface area (Å²) in [6.45, 7) is -1.54. The van der Waals surface area contributed by atoms with Crippen LogP contribution in [0.2, 0.25) is 10.0 Å². The molecule has 0 saturated carbocycles. The molecule has 2 rings (SSSR count). The minimum atomic E-state index is -4.85. The number of nitrogens with one attached hydrogen (secondary N) is 1. The standard InChI is InChI=1S/C22H15BrCl2F7NO2/c23-15-7-12(1-3-13(15)19(34)5-6-20(35)33-10-21(27,28)29)18(26)9-14(22(30,31)32)11-2-4-16(24)17(25)8-11/h1-4,7-9,14H,5-6,10H2,(H,33,35)/b18-9-. The first-order valence-corrected chi connectivity index (χ1v) is 11.2. The summed E-state index contributed by atoms with van der Waals surface area (Å²) >= 11 is 14.5. The number of hydrogen-bond donors (Lipinski definition) is 1. The largest absolute Gasteiger partial charge is 0.405 e. The molecule has 2 aromatic carbocycles. The molecule has 13 heteroatoms. The number of benzene rings is 2. The highest BCUT2D eigenvalue weighted by atomic mass is 79.9. The van der Waals surface area contributed by atoms with Crippen molar-refractivity contribution in [1.29, 1.82) is 0 Å². The fourth-order valence-electron chi connectivity index (χ4n) is 2.87. The second-order valence-electron chi connectivity index (χ2n) is 7.22. The molecule has 0 aliphatic carbocycles. The minimum absolute atomic E-state index is 0.0253. The molecule has 1 unspecified atom stereocenters. The first-order valence-electron chi connectivity index (χ1n) is 9.64. The SMILES string of the molecule is O=C(CCC(=O)c1ccc(/C(F)=C/C(c2ccc(Cl)c(Cl)c2)C(F)(F)F)cc1Br)NCC(F)(F)F. The van der Waals surface area contributed by atoms with Gasteiger partial charge in [0, 0.05) is 28.4 Å². The monoisotopic (exact) mass is 607 g/mol. The number of allylic oxidation sites excluding steroid dienone is 1. The van der Waals surface area contributed by atoms with Gasteiger partial charge in [-0.05, 0) is 35.9 Å². The third kappa shape index (κ3) is 8.80. The van der Waals surface area contributed by atoms with Gasteiger partial charge in [-0.25, -0.2) is 4.39 Å². The van der Waals surface area contributed by atoms with Crippen molar-refractivity contribution < 1.29 is 40.3 Å². The molecule has 1 amide bonds. The second kappa shape index (κ2) is 11.7. The number of hydrogen-bond acceptors (Lipinski definition) is 2. The summed E-state index contributed by atoms with van der Waals surface area (Å²) in [5, 5.41) is 1.52. The zero-order chi connectivity index (χ0) is 26.6. The summed E-state index contributed by atoms with van der Waals surface area (Å²) in [4.78, 5) is 23.7. The van der Waals surface area contributed by atoms with Crippen LogP contribution in [0.4, 0.5) is 30.7 Å². The van der Waals surface area contributed by atoms with Gasteiger partial charge in [0.1, 0.15) is 18.3 Å². The van der Waals surface area contributed by atoms with Gasteiger partial charge in [0.15, 0.2) is 5.78 Å². The molecule has 0 saturated heterocycles. The molecule has 1 N–H and O–H groups in total. The van der Waals surface area contributed by atoms with Crippen LogP contribution in [0.1, 0.15) is 40.2 Å². The highest BCUT2D eigenvalue weighted by Gasteiger charge is 2.40. The van der Waals surface area contributed by atoms with E-state index in [1.807, 2.05) is 0 Å². The third-order valence-corrected chi connectivity index (χ3v) is 5.97. The predicted molar refractivity (Wildman–Crippen MR) is 121 cm³/mol. The Kier molecular flexibility index (Phi) is 9.78. The molecule has 0 aliphatic heterocycles. The molecule has 190 valence electrons. The van der Waals surface area contributed by atoms with Gasteiger partial charge < -0.3 is 5.32 Å². The Morgan fingerprint density at radius 2 is 1.63 bits per heavy atom. The van der Waals surface area contributed by atoms with Crippen LogP contribution in [0.25, 0.3) is 5.83 Å². The predicted octanol–water partition coefficient (Wildman–Crippen LogP) is 8.05. The van der Waals surface area contributed by atoms with Crippen LogP contribution in [0.3, 0.4) is 0 Å². The van der Waals surface area contributed by atoms with E-state index < -0.39 is 55.2 Å². The molecule has 0 aliphatic rings. The molecular weight excluding hydrogens is 594 g/mol. The van der Waals surface area contributed by atoms with Crippen LogP contribution < -0.4 is 5.32 Å². The Labute approximate surface area is 213 Å². The van der Waals surface area contributed by atoms with Gasteiger partial charge in [-0.1, -0.05) is 51.3 Å². The zero-order valence-corrected chi connectivity index (χ0v) is 20.4. The molecule has 0 spiro atoms. The minimum Gasteiger partial charge on any atom is -0.347 e. The van der Waals surface area contributed by atoms with E-state index in [0.717, 1.165) is 36.4 Å². The number of halogens is 10. The lowest BCUT2D eigenvalue weighted by Crippen LogP contribution is -2.33. The van der Waals surface area contributed by atoms with E-state index in [1.165, 1.54) is 0 Å². The van der Waals surface area contributed by atoms with Gasteiger partial charge >= 0.3 is 12.4 Å². The molecule has 0 bridgehead atoms. The van der Waals surface area contributed by atoms with Gasteiger partial charge in [0.05, 0.1) is 10.0 Å². The summed E-state index contributed by atoms with van der Waals surface area (Å²) in [6, 6.07) is 6.47. The topological polar surface area (TPSA) is 46.2 Å². The van der Waals surface area contributed by atoms with E-state index in [4.69, 9.17) is 23.2 Å². The van der Waals surface area contributed by atoms with Crippen LogP contribution in [0, 0.1) is 0 Å². The molecular formula is C22H15BrCl2F7NO2. The first-order chi connectivity index (χ1) is 16.1. The van der Waals surface area contributed by atoms with E-state index >= 15 is 0 Å². The quantitative estimate of drug-likeness (QED) is 0.243. The maximum Gasteiger partial charge on any atom is 0.405 e. The molecule has 3 nitrogen and oxygen atoms in total. The normalized spacial score (nSPS) is 13.5. The second-order valence-corrected chi connectivity index (χ2v) is 8.89. The Bertz CT molecular complexity index is 1130. The Hall–Kier alpha value is -2.11. The number of carbonyl (C=O) groups is 2. The fraction of sp³-hybridized carbons (Fsp3) is 0.273. The van der Waals surface area contributed by atoms with Gasteiger partial charge in [-0.2, -0.15) is 26.3 Å². The molecule has 0 aromatic heterocycles. The van der Waals surface area contributed by atoms with Crippen molar-refractivity contribution in [2.24, 2.45) is 0 Å². The summed E-state index contributed by atoms with van der Waals surface area (Å²) in [7, 11) is 0. The summed E-state index contributed by atoms with van der Waals surface area (Å²) in [6.07, 6.45) is -10.1. The molecule has 2 aromatic rings. The maximum absolute atomic E-state index is 14.8. The lowest BCUT2D eigenvalue weighted by Gasteiger charge is -2.18. The Balaban J connectivity index is 2.19. The van der Waals surface area contributed by atoms with Crippen LogP contribution in [0.5, 0.6) is 0 Å². The van der Waals surface area contributed by atoms with Crippen molar-refractivity contribution in [3.05, 3.63) is 73.7 Å². The molecule has 1 atom stereocenters. The number of amides is 1. The van der Waals surface area contributed by atoms with Crippen molar-refractivity contribution in [3.63, 3.8) is 0 Å². The average Bonchev–Trinajstić information content (AvgIpc) is 2.74. The number of ketones is 1. The molecule has 0 radical (unpaired) electrons. The van der Waals surface area contributed by atoms with E-state index in [1.54, 1.807) is 5.32 Å². The van der Waals surface area contributed by atoms with Gasteiger partial charge in [0.2, 0.25) is 5.91 Å². The van der Waals surface area contributed by atoms with Crippen molar-refractivity contribution in [3.8, 4) is 0 Å². The smallest absolute Gasteiger partial charge is 0.347 e. The van der Waals surface area contributed by atoms with Crippen molar-refractivity contribution in [1.82, 2.24) is 5.32 Å². The van der Waals surface area contributed by atoms with Crippen molar-refractivity contribution >= 4 is 56.6 Å². The van der Waals surface area contributed by atoms with E-state index in [2.05, 4.69) is 15.9 Å². The first kappa shape index (κ1) is 29.1. The molecule has 0 heterocycles. The zero-order valence-electron chi connectivity index (χ0n) is 17.3. The number of Topliss-reactive ketones (excluding diaryl/α,β-unsaturated/α-hetero) is 1. The number of carbonyl (C=O) groups excluding carboxylic acids is 2. The van der Waals surface area contributed by atoms with Crippen LogP contribution in [-0.2, 0) is 4.79 Å². The lowest BCUT2D eigenvalue weighted by molar-refractivity contribution is -0.139. The molecule has 35 heavy (non-hydrogen) atoms. The Morgan fingerprint density at radius 3 is 2.17 bits per heavy atom. The van der Waals surface area contributed by atoms with Crippen molar-refractivity contribution in [2.75, 3.05) is 6.54 Å². The van der Waals surface area contributed by atoms with Crippen LogP contribution >= 0.6 is 39.1 Å². The summed E-state index contributed by atoms with van der Waals surface area (Å²) in [5.74, 6) is -5.20. The van der Waals surface area contributed by atoms with Gasteiger partial charge in [0.25, 0.3) is 0 Å². The number of rotatable bonds is 8. The van der Waals surface area contributed by atoms with E-state index in [0.29, 0.717) is 6.08 Å². The van der Waals surface area contributed by atoms with Gasteiger partial charge in [-0.3, -0.25) is 9.59 Å². The average molecular weight is 609 g/mol.